The molecular formula is C21H31N2O3+. The van der Waals surface area contributed by atoms with Crippen LogP contribution in [0.15, 0.2) is 23.9 Å². The Bertz CT molecular complexity index is 691. The summed E-state index contributed by atoms with van der Waals surface area (Å²) in [6.07, 6.45) is 8.21. The lowest BCUT2D eigenvalue weighted by atomic mass is 9.93. The Morgan fingerprint density at radius 1 is 1.00 bits per heavy atom. The van der Waals surface area contributed by atoms with E-state index in [0.717, 1.165) is 18.5 Å². The van der Waals surface area contributed by atoms with Crippen LogP contribution in [0.3, 0.4) is 0 Å². The van der Waals surface area contributed by atoms with E-state index in [1.54, 1.807) is 21.3 Å². The first kappa shape index (κ1) is 18.6. The van der Waals surface area contributed by atoms with E-state index in [1.807, 2.05) is 12.1 Å². The van der Waals surface area contributed by atoms with Crippen LogP contribution in [0.25, 0.3) is 0 Å². The second-order valence-electron chi connectivity index (χ2n) is 7.65. The highest BCUT2D eigenvalue weighted by Crippen LogP contribution is 2.39. The van der Waals surface area contributed by atoms with Gasteiger partial charge in [-0.3, -0.25) is 0 Å². The number of hydrogen-bond acceptors (Lipinski definition) is 4. The first-order chi connectivity index (χ1) is 12.5. The van der Waals surface area contributed by atoms with Crippen LogP contribution < -0.4 is 14.2 Å². The number of likely N-dealkylation sites (tertiary alicyclic amines) is 1. The van der Waals surface area contributed by atoms with E-state index in [9.17, 15) is 0 Å². The normalized spacial score (nSPS) is 19.0. The van der Waals surface area contributed by atoms with E-state index >= 15 is 0 Å². The van der Waals surface area contributed by atoms with Gasteiger partial charge in [-0.25, -0.2) is 4.58 Å². The summed E-state index contributed by atoms with van der Waals surface area (Å²) >= 11 is 0. The van der Waals surface area contributed by atoms with Crippen LogP contribution in [-0.2, 0) is 6.54 Å². The summed E-state index contributed by atoms with van der Waals surface area (Å²) < 4.78 is 18.8. The van der Waals surface area contributed by atoms with Crippen LogP contribution in [0.2, 0.25) is 0 Å². The molecule has 0 unspecified atom stereocenters. The third-order valence-corrected chi connectivity index (χ3v) is 5.43. The van der Waals surface area contributed by atoms with Crippen LogP contribution in [0.4, 0.5) is 0 Å². The molecule has 1 aromatic rings. The lowest BCUT2D eigenvalue weighted by molar-refractivity contribution is -0.612. The predicted octanol–water partition coefficient (Wildman–Crippen LogP) is 3.46. The van der Waals surface area contributed by atoms with E-state index in [4.69, 9.17) is 14.2 Å². The fourth-order valence-corrected chi connectivity index (χ4v) is 3.89. The molecule has 0 N–H and O–H groups in total. The third-order valence-electron chi connectivity index (χ3n) is 5.43. The molecule has 2 aliphatic rings. The first-order valence-electron chi connectivity index (χ1n) is 9.33. The van der Waals surface area contributed by atoms with E-state index in [1.165, 1.54) is 31.6 Å². The Hall–Kier alpha value is -2.17. The van der Waals surface area contributed by atoms with Crippen LogP contribution in [0.1, 0.15) is 38.7 Å². The van der Waals surface area contributed by atoms with Crippen molar-refractivity contribution in [3.8, 4) is 17.2 Å². The highest BCUT2D eigenvalue weighted by Gasteiger charge is 2.36. The Morgan fingerprint density at radius 2 is 1.62 bits per heavy atom. The van der Waals surface area contributed by atoms with Gasteiger partial charge >= 0.3 is 0 Å². The second-order valence-corrected chi connectivity index (χ2v) is 7.65. The smallest absolute Gasteiger partial charge is 0.203 e. The summed E-state index contributed by atoms with van der Waals surface area (Å²) in [7, 11) is 4.94. The minimum atomic E-state index is 0.0626. The van der Waals surface area contributed by atoms with Gasteiger partial charge in [0.2, 0.25) is 5.75 Å². The standard InChI is InChI=1S/C21H31N2O3/c1-21(2)14-17(22-9-6-7-10-22)8-11-23(21)15-16-12-18(24-3)20(26-5)19(13-16)25-4/h8,11-13H,6-7,9-10,14-15H2,1-5H3/q+1. The van der Waals surface area contributed by atoms with Gasteiger partial charge in [0.05, 0.1) is 27.8 Å². The van der Waals surface area contributed by atoms with Crippen molar-refractivity contribution in [2.45, 2.75) is 45.2 Å². The van der Waals surface area contributed by atoms with E-state index in [0.29, 0.717) is 17.2 Å². The van der Waals surface area contributed by atoms with Gasteiger partial charge < -0.3 is 19.1 Å². The van der Waals surface area contributed by atoms with Crippen LogP contribution in [-0.4, -0.2) is 55.6 Å². The molecule has 3 rings (SSSR count). The molecule has 0 bridgehead atoms. The van der Waals surface area contributed by atoms with Gasteiger partial charge in [0.1, 0.15) is 0 Å². The van der Waals surface area contributed by atoms with Gasteiger partial charge in [0.25, 0.3) is 0 Å². The average molecular weight is 359 g/mol. The number of nitrogens with zero attached hydrogens (tertiary/aromatic N) is 2. The van der Waals surface area contributed by atoms with E-state index in [2.05, 4.69) is 35.6 Å². The third kappa shape index (κ3) is 3.67. The number of allylic oxidation sites excluding steroid dienone is 1. The Kier molecular flexibility index (Phi) is 5.44. The van der Waals surface area contributed by atoms with Crippen LogP contribution in [0, 0.1) is 0 Å². The van der Waals surface area contributed by atoms with E-state index in [-0.39, 0.29) is 5.54 Å². The lowest BCUT2D eigenvalue weighted by Crippen LogP contribution is -2.41. The van der Waals surface area contributed by atoms with Crippen molar-refractivity contribution in [1.29, 1.82) is 0 Å². The van der Waals surface area contributed by atoms with Gasteiger partial charge in [0.15, 0.2) is 29.8 Å². The molecule has 2 aliphatic heterocycles. The van der Waals surface area contributed by atoms with Crippen LogP contribution in [0.5, 0.6) is 17.2 Å². The Labute approximate surface area is 156 Å². The summed E-state index contributed by atoms with van der Waals surface area (Å²) in [4.78, 5) is 2.54. The van der Waals surface area contributed by atoms with Crippen LogP contribution >= 0.6 is 0 Å². The zero-order valence-electron chi connectivity index (χ0n) is 16.7. The maximum atomic E-state index is 5.49. The molecule has 1 saturated heterocycles. The van der Waals surface area contributed by atoms with Crippen molar-refractivity contribution in [3.63, 3.8) is 0 Å². The minimum Gasteiger partial charge on any atom is -0.493 e. The summed E-state index contributed by atoms with van der Waals surface area (Å²) in [5, 5.41) is 0. The highest BCUT2D eigenvalue weighted by atomic mass is 16.5. The molecule has 0 atom stereocenters. The molecule has 1 fully saturated rings. The van der Waals surface area contributed by atoms with E-state index < -0.39 is 0 Å². The SMILES string of the molecule is COc1cc(C[N+]2=CC=C(N3CCCC3)CC2(C)C)cc(OC)c1OC. The summed E-state index contributed by atoms with van der Waals surface area (Å²) in [6.45, 7) is 7.81. The quantitative estimate of drug-likeness (QED) is 0.729. The molecule has 5 nitrogen and oxygen atoms in total. The van der Waals surface area contributed by atoms with Crippen molar-refractivity contribution in [1.82, 2.24) is 4.90 Å². The molecule has 1 aromatic carbocycles. The lowest BCUT2D eigenvalue weighted by Gasteiger charge is -2.31. The van der Waals surface area contributed by atoms with Gasteiger partial charge in [-0.15, -0.1) is 0 Å². The van der Waals surface area contributed by atoms with Crippen molar-refractivity contribution >= 4 is 6.21 Å². The zero-order chi connectivity index (χ0) is 18.7. The maximum Gasteiger partial charge on any atom is 0.203 e. The average Bonchev–Trinajstić information content (AvgIpc) is 3.16. The van der Waals surface area contributed by atoms with Gasteiger partial charge in [-0.1, -0.05) is 0 Å². The first-order valence-corrected chi connectivity index (χ1v) is 9.33. The van der Waals surface area contributed by atoms with Crippen molar-refractivity contribution < 1.29 is 18.8 Å². The molecule has 0 radical (unpaired) electrons. The molecule has 2 heterocycles. The molecule has 0 saturated carbocycles. The maximum absolute atomic E-state index is 5.49. The highest BCUT2D eigenvalue weighted by molar-refractivity contribution is 5.68. The van der Waals surface area contributed by atoms with Gasteiger partial charge in [0, 0.05) is 44.3 Å². The molecule has 0 aromatic heterocycles. The van der Waals surface area contributed by atoms with Crippen molar-refractivity contribution in [3.05, 3.63) is 29.5 Å². The molecule has 5 heteroatoms. The number of hydrogen-bond donors (Lipinski definition) is 0. The van der Waals surface area contributed by atoms with Gasteiger partial charge in [-0.2, -0.15) is 0 Å². The number of methoxy groups -OCH3 is 3. The second kappa shape index (κ2) is 7.60. The topological polar surface area (TPSA) is 33.9 Å². The summed E-state index contributed by atoms with van der Waals surface area (Å²) in [5.41, 5.74) is 2.67. The molecule has 26 heavy (non-hydrogen) atoms. The van der Waals surface area contributed by atoms with Crippen molar-refractivity contribution in [2.24, 2.45) is 0 Å². The number of rotatable bonds is 6. The predicted molar refractivity (Wildman–Crippen MR) is 104 cm³/mol. The summed E-state index contributed by atoms with van der Waals surface area (Å²) in [6, 6.07) is 4.07. The minimum absolute atomic E-state index is 0.0626. The largest absolute Gasteiger partial charge is 0.493 e. The molecule has 0 amide bonds. The fraction of sp³-hybridized carbons (Fsp3) is 0.571. The molecular weight excluding hydrogens is 328 g/mol. The Morgan fingerprint density at radius 3 is 2.12 bits per heavy atom. The Balaban J connectivity index is 1.87. The fourth-order valence-electron chi connectivity index (χ4n) is 3.89. The number of benzene rings is 1. The zero-order valence-corrected chi connectivity index (χ0v) is 16.7. The number of ether oxygens (including phenoxy) is 3. The monoisotopic (exact) mass is 359 g/mol. The molecule has 0 spiro atoms. The summed E-state index contributed by atoms with van der Waals surface area (Å²) in [5.74, 6) is 2.03. The van der Waals surface area contributed by atoms with Gasteiger partial charge in [-0.05, 0) is 25.0 Å². The van der Waals surface area contributed by atoms with Crippen molar-refractivity contribution in [2.75, 3.05) is 34.4 Å². The molecule has 0 aliphatic carbocycles. The molecule has 142 valence electrons.